The van der Waals surface area contributed by atoms with Crippen molar-refractivity contribution in [2.24, 2.45) is 0 Å². The third-order valence-corrected chi connectivity index (χ3v) is 2.49. The van der Waals surface area contributed by atoms with Crippen LogP contribution in [-0.4, -0.2) is 40.1 Å². The van der Waals surface area contributed by atoms with E-state index in [1.165, 1.54) is 14.2 Å². The van der Waals surface area contributed by atoms with Crippen LogP contribution in [-0.2, 0) is 20.7 Å². The van der Waals surface area contributed by atoms with Crippen molar-refractivity contribution in [2.45, 2.75) is 12.7 Å². The molecule has 0 bridgehead atoms. The van der Waals surface area contributed by atoms with Gasteiger partial charge in [-0.25, -0.2) is 0 Å². The van der Waals surface area contributed by atoms with E-state index < -0.39 is 6.29 Å². The minimum absolute atomic E-state index is 0.0812. The maximum atomic E-state index is 11.7. The van der Waals surface area contributed by atoms with Crippen molar-refractivity contribution in [3.8, 4) is 5.75 Å². The van der Waals surface area contributed by atoms with Crippen molar-refractivity contribution >= 4 is 5.91 Å². The topological polar surface area (TPSA) is 56.8 Å². The second kappa shape index (κ2) is 7.68. The molecule has 0 unspecified atom stereocenters. The molecule has 1 N–H and O–H groups in total. The van der Waals surface area contributed by atoms with Crippen molar-refractivity contribution in [1.82, 2.24) is 5.32 Å². The van der Waals surface area contributed by atoms with Crippen LogP contribution in [0.25, 0.3) is 0 Å². The fraction of sp³-hybridized carbons (Fsp3) is 0.462. The van der Waals surface area contributed by atoms with Gasteiger partial charge in [0.15, 0.2) is 6.29 Å². The summed E-state index contributed by atoms with van der Waals surface area (Å²) in [5, 5.41) is 2.74. The molecule has 0 fully saturated rings. The molecule has 1 aromatic rings. The number of hydrogen-bond donors (Lipinski definition) is 1. The lowest BCUT2D eigenvalue weighted by Gasteiger charge is -2.14. The van der Waals surface area contributed by atoms with Crippen LogP contribution in [0, 0.1) is 0 Å². The Morgan fingerprint density at radius 1 is 1.28 bits per heavy atom. The van der Waals surface area contributed by atoms with Crippen LogP contribution in [0.15, 0.2) is 24.3 Å². The number of rotatable bonds is 7. The Kier molecular flexibility index (Phi) is 6.18. The van der Waals surface area contributed by atoms with Crippen molar-refractivity contribution < 1.29 is 19.0 Å². The number of ether oxygens (including phenoxy) is 3. The van der Waals surface area contributed by atoms with Gasteiger partial charge >= 0.3 is 0 Å². The van der Waals surface area contributed by atoms with E-state index in [-0.39, 0.29) is 5.91 Å². The lowest BCUT2D eigenvalue weighted by atomic mass is 10.1. The molecule has 1 rings (SSSR count). The van der Waals surface area contributed by atoms with E-state index in [4.69, 9.17) is 14.2 Å². The SMILES string of the molecule is COc1cccc(CC(=O)NCC(OC)OC)c1. The van der Waals surface area contributed by atoms with E-state index in [0.29, 0.717) is 13.0 Å². The molecule has 0 heterocycles. The van der Waals surface area contributed by atoms with Gasteiger partial charge in [-0.1, -0.05) is 12.1 Å². The van der Waals surface area contributed by atoms with Crippen molar-refractivity contribution in [3.05, 3.63) is 29.8 Å². The average Bonchev–Trinajstić information content (AvgIpc) is 2.40. The summed E-state index contributed by atoms with van der Waals surface area (Å²) in [6, 6.07) is 7.41. The third-order valence-electron chi connectivity index (χ3n) is 2.49. The van der Waals surface area contributed by atoms with Crippen LogP contribution >= 0.6 is 0 Å². The molecule has 0 saturated heterocycles. The minimum atomic E-state index is -0.417. The van der Waals surface area contributed by atoms with Crippen molar-refractivity contribution in [1.29, 1.82) is 0 Å². The Labute approximate surface area is 107 Å². The summed E-state index contributed by atoms with van der Waals surface area (Å²) in [5.41, 5.74) is 0.901. The van der Waals surface area contributed by atoms with E-state index in [2.05, 4.69) is 5.32 Å². The summed E-state index contributed by atoms with van der Waals surface area (Å²) in [4.78, 5) is 11.7. The number of methoxy groups -OCH3 is 3. The van der Waals surface area contributed by atoms with Crippen LogP contribution in [0.1, 0.15) is 5.56 Å². The molecule has 0 aliphatic carbocycles. The summed E-state index contributed by atoms with van der Waals surface area (Å²) < 4.78 is 15.1. The zero-order valence-corrected chi connectivity index (χ0v) is 10.9. The molecule has 0 spiro atoms. The molecular weight excluding hydrogens is 234 g/mol. The van der Waals surface area contributed by atoms with Gasteiger partial charge in [-0.3, -0.25) is 4.79 Å². The lowest BCUT2D eigenvalue weighted by molar-refractivity contribution is -0.126. The highest BCUT2D eigenvalue weighted by atomic mass is 16.7. The van der Waals surface area contributed by atoms with Gasteiger partial charge in [0.25, 0.3) is 0 Å². The lowest BCUT2D eigenvalue weighted by Crippen LogP contribution is -2.34. The van der Waals surface area contributed by atoms with Crippen molar-refractivity contribution in [3.63, 3.8) is 0 Å². The molecule has 0 aliphatic rings. The molecule has 1 amide bonds. The average molecular weight is 253 g/mol. The molecule has 100 valence electrons. The predicted molar refractivity (Wildman–Crippen MR) is 67.5 cm³/mol. The van der Waals surface area contributed by atoms with E-state index in [1.54, 1.807) is 7.11 Å². The number of amides is 1. The summed E-state index contributed by atoms with van der Waals surface area (Å²) in [6.07, 6.45) is -0.114. The minimum Gasteiger partial charge on any atom is -0.497 e. The van der Waals surface area contributed by atoms with Gasteiger partial charge in [-0.2, -0.15) is 0 Å². The molecule has 5 nitrogen and oxygen atoms in total. The smallest absolute Gasteiger partial charge is 0.224 e. The van der Waals surface area contributed by atoms with E-state index in [9.17, 15) is 4.79 Å². The third kappa shape index (κ3) is 4.73. The van der Waals surface area contributed by atoms with E-state index in [0.717, 1.165) is 11.3 Å². The Balaban J connectivity index is 2.44. The maximum Gasteiger partial charge on any atom is 0.224 e. The highest BCUT2D eigenvalue weighted by Gasteiger charge is 2.08. The fourth-order valence-electron chi connectivity index (χ4n) is 1.49. The number of nitrogens with one attached hydrogen (secondary N) is 1. The van der Waals surface area contributed by atoms with Crippen LogP contribution in [0.2, 0.25) is 0 Å². The quantitative estimate of drug-likeness (QED) is 0.736. The Morgan fingerprint density at radius 2 is 2.00 bits per heavy atom. The predicted octanol–water partition coefficient (Wildman–Crippen LogP) is 0.973. The second-order valence-electron chi connectivity index (χ2n) is 3.73. The summed E-state index contributed by atoms with van der Waals surface area (Å²) in [6.45, 7) is 0.329. The van der Waals surface area contributed by atoms with Crippen molar-refractivity contribution in [2.75, 3.05) is 27.9 Å². The van der Waals surface area contributed by atoms with Gasteiger partial charge < -0.3 is 19.5 Å². The van der Waals surface area contributed by atoms with Gasteiger partial charge in [0.1, 0.15) is 5.75 Å². The van der Waals surface area contributed by atoms with E-state index in [1.807, 2.05) is 24.3 Å². The Hall–Kier alpha value is -1.59. The van der Waals surface area contributed by atoms with Crippen LogP contribution in [0.5, 0.6) is 5.75 Å². The fourth-order valence-corrected chi connectivity index (χ4v) is 1.49. The molecule has 0 aliphatic heterocycles. The molecule has 0 radical (unpaired) electrons. The summed E-state index contributed by atoms with van der Waals surface area (Å²) in [5.74, 6) is 0.661. The van der Waals surface area contributed by atoms with Crippen LogP contribution < -0.4 is 10.1 Å². The summed E-state index contributed by atoms with van der Waals surface area (Å²) >= 11 is 0. The summed E-state index contributed by atoms with van der Waals surface area (Å²) in [7, 11) is 4.66. The first-order valence-electron chi connectivity index (χ1n) is 5.64. The van der Waals surface area contributed by atoms with Crippen LogP contribution in [0.3, 0.4) is 0 Å². The molecule has 18 heavy (non-hydrogen) atoms. The zero-order valence-electron chi connectivity index (χ0n) is 10.9. The normalized spacial score (nSPS) is 10.4. The Bertz CT molecular complexity index is 377. The number of carbonyl (C=O) groups is 1. The van der Waals surface area contributed by atoms with Crippen LogP contribution in [0.4, 0.5) is 0 Å². The van der Waals surface area contributed by atoms with Gasteiger partial charge in [-0.15, -0.1) is 0 Å². The first-order chi connectivity index (χ1) is 8.69. The zero-order chi connectivity index (χ0) is 13.4. The monoisotopic (exact) mass is 253 g/mol. The highest BCUT2D eigenvalue weighted by molar-refractivity contribution is 5.78. The van der Waals surface area contributed by atoms with Gasteiger partial charge in [0.05, 0.1) is 20.1 Å². The molecule has 0 saturated carbocycles. The first-order valence-corrected chi connectivity index (χ1v) is 5.64. The Morgan fingerprint density at radius 3 is 2.61 bits per heavy atom. The number of benzene rings is 1. The van der Waals surface area contributed by atoms with E-state index >= 15 is 0 Å². The highest BCUT2D eigenvalue weighted by Crippen LogP contribution is 2.12. The van der Waals surface area contributed by atoms with Gasteiger partial charge in [0, 0.05) is 14.2 Å². The standard InChI is InChI=1S/C13H19NO4/c1-16-11-6-4-5-10(7-11)8-12(15)14-9-13(17-2)18-3/h4-7,13H,8-9H2,1-3H3,(H,14,15). The maximum absolute atomic E-state index is 11.7. The molecule has 0 atom stereocenters. The molecule has 1 aromatic carbocycles. The van der Waals surface area contributed by atoms with Gasteiger partial charge in [-0.05, 0) is 17.7 Å². The molecule has 0 aromatic heterocycles. The molecule has 5 heteroatoms. The second-order valence-corrected chi connectivity index (χ2v) is 3.73. The van der Waals surface area contributed by atoms with Gasteiger partial charge in [0.2, 0.25) is 5.91 Å². The molecular formula is C13H19NO4. The number of carbonyl (C=O) groups excluding carboxylic acids is 1. The first kappa shape index (κ1) is 14.5. The number of hydrogen-bond acceptors (Lipinski definition) is 4. The largest absolute Gasteiger partial charge is 0.497 e.